The zero-order chi connectivity index (χ0) is 32.2. The molecule has 0 rings (SSSR count). The normalized spacial score (nSPS) is 12.2. The Kier molecular flexibility index (Phi) is 35.1. The van der Waals surface area contributed by atoms with Gasteiger partial charge >= 0.3 is 11.9 Å². The number of hydrogen-bond donors (Lipinski definition) is 1. The molecular weight excluding hydrogens is 544 g/mol. The molecule has 0 aliphatic rings. The first-order chi connectivity index (χ1) is 21.6. The Morgan fingerprint density at radius 1 is 0.500 bits per heavy atom. The molecule has 4 nitrogen and oxygen atoms in total. The molecule has 0 fully saturated rings. The Hall–Kier alpha value is -1.32. The summed E-state index contributed by atoms with van der Waals surface area (Å²) < 4.78 is 5.83. The van der Waals surface area contributed by atoms with E-state index >= 15 is 0 Å². The molecule has 0 heterocycles. The number of esters is 1. The highest BCUT2D eigenvalue weighted by Crippen LogP contribution is 2.17. The van der Waals surface area contributed by atoms with Crippen LogP contribution in [0.4, 0.5) is 0 Å². The van der Waals surface area contributed by atoms with Crippen molar-refractivity contribution in [2.45, 2.75) is 232 Å². The largest absolute Gasteiger partial charge is 0.481 e. The fourth-order valence-corrected chi connectivity index (χ4v) is 6.04. The van der Waals surface area contributed by atoms with Gasteiger partial charge in [0.1, 0.15) is 6.10 Å². The Balaban J connectivity index is 3.65. The van der Waals surface area contributed by atoms with Crippen LogP contribution in [-0.4, -0.2) is 23.1 Å². The van der Waals surface area contributed by atoms with Crippen LogP contribution >= 0.6 is 0 Å². The molecule has 0 aliphatic carbocycles. The fraction of sp³-hybridized carbons (Fsp3) is 0.900. The van der Waals surface area contributed by atoms with Gasteiger partial charge in [-0.05, 0) is 44.6 Å². The van der Waals surface area contributed by atoms with Gasteiger partial charge in [-0.1, -0.05) is 180 Å². The molecule has 0 radical (unpaired) electrons. The number of carbonyl (C=O) groups excluding carboxylic acids is 1. The number of unbranched alkanes of at least 4 members (excludes halogenated alkanes) is 27. The molecule has 1 N–H and O–H groups in total. The minimum Gasteiger partial charge on any atom is -0.481 e. The average Bonchev–Trinajstić information content (AvgIpc) is 3.01. The highest BCUT2D eigenvalue weighted by molar-refractivity contribution is 5.69. The van der Waals surface area contributed by atoms with Crippen LogP contribution in [0, 0.1) is 0 Å². The van der Waals surface area contributed by atoms with Crippen LogP contribution in [0.2, 0.25) is 0 Å². The second kappa shape index (κ2) is 36.2. The van der Waals surface area contributed by atoms with Crippen molar-refractivity contribution in [3.8, 4) is 0 Å². The summed E-state index contributed by atoms with van der Waals surface area (Å²) in [5.74, 6) is -0.783. The summed E-state index contributed by atoms with van der Waals surface area (Å²) in [5, 5.41) is 8.79. The van der Waals surface area contributed by atoms with Crippen molar-refractivity contribution in [1.82, 2.24) is 0 Å². The van der Waals surface area contributed by atoms with Crippen molar-refractivity contribution >= 4 is 11.9 Å². The van der Waals surface area contributed by atoms with E-state index in [4.69, 9.17) is 9.84 Å². The van der Waals surface area contributed by atoms with E-state index in [1.54, 1.807) is 0 Å². The summed E-state index contributed by atoms with van der Waals surface area (Å²) in [4.78, 5) is 23.2. The predicted molar refractivity (Wildman–Crippen MR) is 190 cm³/mol. The third kappa shape index (κ3) is 35.2. The Bertz CT molecular complexity index is 629. The minimum absolute atomic E-state index is 0.0627. The number of rotatable bonds is 36. The third-order valence-corrected chi connectivity index (χ3v) is 8.97. The van der Waals surface area contributed by atoms with E-state index < -0.39 is 5.97 Å². The monoisotopic (exact) mass is 621 g/mol. The number of hydrogen-bond acceptors (Lipinski definition) is 3. The SMILES string of the molecule is CCCCC/C=C\C(CCCCCCC(=O)O)OC(=O)CCCCCCCCCCCCCCCCCCCCCCCC. The Labute approximate surface area is 275 Å². The molecule has 44 heavy (non-hydrogen) atoms. The van der Waals surface area contributed by atoms with Gasteiger partial charge in [0, 0.05) is 12.8 Å². The topological polar surface area (TPSA) is 63.6 Å². The zero-order valence-electron chi connectivity index (χ0n) is 29.7. The smallest absolute Gasteiger partial charge is 0.306 e. The molecule has 4 heteroatoms. The Morgan fingerprint density at radius 2 is 0.864 bits per heavy atom. The van der Waals surface area contributed by atoms with Crippen molar-refractivity contribution in [3.05, 3.63) is 12.2 Å². The molecule has 1 atom stereocenters. The first kappa shape index (κ1) is 42.7. The molecule has 0 aromatic carbocycles. The molecule has 0 aromatic rings. The highest BCUT2D eigenvalue weighted by atomic mass is 16.5. The van der Waals surface area contributed by atoms with Crippen LogP contribution in [0.5, 0.6) is 0 Å². The van der Waals surface area contributed by atoms with Crippen LogP contribution in [0.25, 0.3) is 0 Å². The van der Waals surface area contributed by atoms with E-state index in [-0.39, 0.29) is 18.5 Å². The highest BCUT2D eigenvalue weighted by Gasteiger charge is 2.11. The standard InChI is InChI=1S/C40H76O4/c1-3-5-7-9-10-11-12-13-14-15-16-17-18-19-20-21-22-23-24-25-27-33-37-40(43)44-38(34-30-26-8-6-4-2)35-31-28-29-32-36-39(41)42/h30,34,38H,3-29,31-33,35-37H2,1-2H3,(H,41,42)/b34-30-. The molecule has 0 amide bonds. The summed E-state index contributed by atoms with van der Waals surface area (Å²) >= 11 is 0. The number of aliphatic carboxylic acids is 1. The second-order valence-corrected chi connectivity index (χ2v) is 13.5. The summed E-state index contributed by atoms with van der Waals surface area (Å²) in [7, 11) is 0. The van der Waals surface area contributed by atoms with E-state index in [9.17, 15) is 9.59 Å². The maximum atomic E-state index is 12.5. The quantitative estimate of drug-likeness (QED) is 0.0430. The van der Waals surface area contributed by atoms with Gasteiger partial charge < -0.3 is 9.84 Å². The summed E-state index contributed by atoms with van der Waals surface area (Å²) in [6, 6.07) is 0. The van der Waals surface area contributed by atoms with Gasteiger partial charge in [0.15, 0.2) is 0 Å². The van der Waals surface area contributed by atoms with E-state index in [0.29, 0.717) is 6.42 Å². The number of carboxylic acid groups (broad SMARTS) is 1. The lowest BCUT2D eigenvalue weighted by Gasteiger charge is -2.15. The van der Waals surface area contributed by atoms with E-state index in [1.807, 2.05) is 0 Å². The molecular formula is C40H76O4. The molecule has 0 spiro atoms. The lowest BCUT2D eigenvalue weighted by molar-refractivity contribution is -0.147. The van der Waals surface area contributed by atoms with Gasteiger partial charge in [0.2, 0.25) is 0 Å². The molecule has 0 aliphatic heterocycles. The van der Waals surface area contributed by atoms with Gasteiger partial charge in [-0.3, -0.25) is 9.59 Å². The maximum absolute atomic E-state index is 12.5. The summed E-state index contributed by atoms with van der Waals surface area (Å²) in [6.07, 6.45) is 44.2. The number of ether oxygens (including phenoxy) is 1. The molecule has 1 unspecified atom stereocenters. The molecule has 0 bridgehead atoms. The minimum atomic E-state index is -0.720. The Morgan fingerprint density at radius 3 is 1.30 bits per heavy atom. The van der Waals surface area contributed by atoms with Gasteiger partial charge in [-0.25, -0.2) is 0 Å². The average molecular weight is 621 g/mol. The first-order valence-electron chi connectivity index (χ1n) is 19.7. The molecule has 0 saturated carbocycles. The van der Waals surface area contributed by atoms with Crippen LogP contribution < -0.4 is 0 Å². The molecule has 260 valence electrons. The van der Waals surface area contributed by atoms with Crippen molar-refractivity contribution < 1.29 is 19.4 Å². The van der Waals surface area contributed by atoms with Gasteiger partial charge in [-0.2, -0.15) is 0 Å². The zero-order valence-corrected chi connectivity index (χ0v) is 29.7. The van der Waals surface area contributed by atoms with Crippen LogP contribution in [0.3, 0.4) is 0 Å². The third-order valence-electron chi connectivity index (χ3n) is 8.97. The van der Waals surface area contributed by atoms with E-state index in [0.717, 1.165) is 51.4 Å². The predicted octanol–water partition coefficient (Wildman–Crippen LogP) is 13.5. The van der Waals surface area contributed by atoms with Crippen molar-refractivity contribution in [1.29, 1.82) is 0 Å². The van der Waals surface area contributed by atoms with Crippen molar-refractivity contribution in [2.75, 3.05) is 0 Å². The number of carboxylic acids is 1. The van der Waals surface area contributed by atoms with Crippen molar-refractivity contribution in [3.63, 3.8) is 0 Å². The van der Waals surface area contributed by atoms with Crippen LogP contribution in [0.1, 0.15) is 226 Å². The number of carbonyl (C=O) groups is 2. The number of allylic oxidation sites excluding steroid dienone is 1. The molecule has 0 aromatic heterocycles. The van der Waals surface area contributed by atoms with Gasteiger partial charge in [-0.15, -0.1) is 0 Å². The first-order valence-corrected chi connectivity index (χ1v) is 19.7. The lowest BCUT2D eigenvalue weighted by atomic mass is 10.0. The van der Waals surface area contributed by atoms with Gasteiger partial charge in [0.25, 0.3) is 0 Å². The van der Waals surface area contributed by atoms with Crippen LogP contribution in [0.15, 0.2) is 12.2 Å². The second-order valence-electron chi connectivity index (χ2n) is 13.5. The summed E-state index contributed by atoms with van der Waals surface area (Å²) in [5.41, 5.74) is 0. The van der Waals surface area contributed by atoms with Gasteiger partial charge in [0.05, 0.1) is 0 Å². The van der Waals surface area contributed by atoms with E-state index in [2.05, 4.69) is 26.0 Å². The fourth-order valence-electron chi connectivity index (χ4n) is 6.04. The molecule has 0 saturated heterocycles. The van der Waals surface area contributed by atoms with Crippen LogP contribution in [-0.2, 0) is 14.3 Å². The maximum Gasteiger partial charge on any atom is 0.306 e. The van der Waals surface area contributed by atoms with Crippen molar-refractivity contribution in [2.24, 2.45) is 0 Å². The van der Waals surface area contributed by atoms with E-state index in [1.165, 1.54) is 148 Å². The lowest BCUT2D eigenvalue weighted by Crippen LogP contribution is -2.16. The summed E-state index contributed by atoms with van der Waals surface area (Å²) in [6.45, 7) is 4.50.